The van der Waals surface area contributed by atoms with Crippen LogP contribution in [0.25, 0.3) is 0 Å². The summed E-state index contributed by atoms with van der Waals surface area (Å²) >= 11 is 0. The van der Waals surface area contributed by atoms with Gasteiger partial charge in [-0.05, 0) is 37.1 Å². The van der Waals surface area contributed by atoms with E-state index in [1.807, 2.05) is 12.4 Å². The van der Waals surface area contributed by atoms with Gasteiger partial charge in [-0.15, -0.1) is 0 Å². The molecular weight excluding hydrogens is 222 g/mol. The van der Waals surface area contributed by atoms with Crippen molar-refractivity contribution in [1.29, 1.82) is 0 Å². The van der Waals surface area contributed by atoms with Crippen LogP contribution in [0.1, 0.15) is 39.2 Å². The Kier molecular flexibility index (Phi) is 7.62. The van der Waals surface area contributed by atoms with E-state index in [0.717, 1.165) is 26.2 Å². The summed E-state index contributed by atoms with van der Waals surface area (Å²) < 4.78 is 0. The number of likely N-dealkylation sites (N-methyl/N-ethyl adjacent to an activating group) is 1. The van der Waals surface area contributed by atoms with Gasteiger partial charge >= 0.3 is 0 Å². The molecule has 1 rings (SSSR count). The van der Waals surface area contributed by atoms with Gasteiger partial charge in [0, 0.05) is 38.1 Å². The van der Waals surface area contributed by atoms with Crippen molar-refractivity contribution < 1.29 is 0 Å². The van der Waals surface area contributed by atoms with Gasteiger partial charge < -0.3 is 5.32 Å². The normalized spacial score (nSPS) is 11.4. The highest BCUT2D eigenvalue weighted by molar-refractivity contribution is 5.09. The van der Waals surface area contributed by atoms with Crippen LogP contribution in [-0.4, -0.2) is 35.6 Å². The molecule has 1 N–H and O–H groups in total. The van der Waals surface area contributed by atoms with Gasteiger partial charge in [-0.2, -0.15) is 0 Å². The van der Waals surface area contributed by atoms with E-state index < -0.39 is 0 Å². The van der Waals surface area contributed by atoms with Gasteiger partial charge in [0.1, 0.15) is 0 Å². The number of nitrogens with one attached hydrogen (secondary N) is 1. The molecule has 0 radical (unpaired) electrons. The topological polar surface area (TPSA) is 28.2 Å². The zero-order valence-corrected chi connectivity index (χ0v) is 12.0. The molecule has 1 heterocycles. The second-order valence-corrected chi connectivity index (χ2v) is 4.69. The van der Waals surface area contributed by atoms with Gasteiger partial charge in [-0.3, -0.25) is 9.88 Å². The first-order valence-corrected chi connectivity index (χ1v) is 7.14. The van der Waals surface area contributed by atoms with Crippen LogP contribution in [0.15, 0.2) is 24.5 Å². The summed E-state index contributed by atoms with van der Waals surface area (Å²) in [5, 5.41) is 3.62. The zero-order chi connectivity index (χ0) is 13.2. The van der Waals surface area contributed by atoms with Gasteiger partial charge in [0.15, 0.2) is 0 Å². The molecule has 0 aliphatic heterocycles. The lowest BCUT2D eigenvalue weighted by molar-refractivity contribution is 0.272. The van der Waals surface area contributed by atoms with E-state index in [1.54, 1.807) is 0 Å². The summed E-state index contributed by atoms with van der Waals surface area (Å²) in [5.41, 5.74) is 1.34. The Balaban J connectivity index is 2.29. The van der Waals surface area contributed by atoms with Crippen LogP contribution < -0.4 is 5.32 Å². The number of nitrogens with zero attached hydrogens (tertiary/aromatic N) is 2. The van der Waals surface area contributed by atoms with Gasteiger partial charge in [-0.25, -0.2) is 0 Å². The fraction of sp³-hybridized carbons (Fsp3) is 0.667. The highest BCUT2D eigenvalue weighted by Crippen LogP contribution is 2.02. The summed E-state index contributed by atoms with van der Waals surface area (Å²) in [6, 6.07) is 4.86. The van der Waals surface area contributed by atoms with Crippen molar-refractivity contribution >= 4 is 0 Å². The molecule has 3 nitrogen and oxygen atoms in total. The molecule has 0 aliphatic rings. The number of aromatic nitrogens is 1. The van der Waals surface area contributed by atoms with E-state index in [0.29, 0.717) is 6.04 Å². The molecule has 0 bridgehead atoms. The van der Waals surface area contributed by atoms with E-state index in [9.17, 15) is 0 Å². The summed E-state index contributed by atoms with van der Waals surface area (Å²) in [5.74, 6) is 0. The van der Waals surface area contributed by atoms with Crippen LogP contribution in [0.4, 0.5) is 0 Å². The molecular formula is C15H27N3. The Hall–Kier alpha value is -0.930. The summed E-state index contributed by atoms with van der Waals surface area (Å²) in [4.78, 5) is 6.52. The lowest BCUT2D eigenvalue weighted by Gasteiger charge is -2.22. The molecule has 0 fully saturated rings. The molecule has 3 heteroatoms. The van der Waals surface area contributed by atoms with Crippen LogP contribution >= 0.6 is 0 Å². The molecule has 1 aromatic heterocycles. The van der Waals surface area contributed by atoms with Crippen LogP contribution in [0.2, 0.25) is 0 Å². The van der Waals surface area contributed by atoms with Crippen LogP contribution in [-0.2, 0) is 6.54 Å². The van der Waals surface area contributed by atoms with E-state index in [2.05, 4.69) is 48.1 Å². The Morgan fingerprint density at radius 2 is 1.83 bits per heavy atom. The number of pyridine rings is 1. The smallest absolute Gasteiger partial charge is 0.0271 e. The first-order valence-electron chi connectivity index (χ1n) is 7.14. The van der Waals surface area contributed by atoms with Gasteiger partial charge in [0.05, 0.1) is 0 Å². The second kappa shape index (κ2) is 9.06. The highest BCUT2D eigenvalue weighted by atomic mass is 15.1. The standard InChI is InChI=1S/C15H27N3/c1-4-15(5-2)17-11-12-18(6-3)13-14-7-9-16-10-8-14/h7-10,15,17H,4-6,11-13H2,1-3H3. The molecule has 0 aliphatic carbocycles. The predicted octanol–water partition coefficient (Wildman–Crippen LogP) is 2.68. The fourth-order valence-corrected chi connectivity index (χ4v) is 2.10. The maximum absolute atomic E-state index is 4.06. The van der Waals surface area contributed by atoms with Gasteiger partial charge in [-0.1, -0.05) is 20.8 Å². The van der Waals surface area contributed by atoms with Crippen LogP contribution in [0, 0.1) is 0 Å². The first kappa shape index (κ1) is 15.1. The van der Waals surface area contributed by atoms with Crippen LogP contribution in [0.5, 0.6) is 0 Å². The molecule has 18 heavy (non-hydrogen) atoms. The maximum atomic E-state index is 4.06. The molecule has 0 saturated carbocycles. The fourth-order valence-electron chi connectivity index (χ4n) is 2.10. The Labute approximate surface area is 112 Å². The Morgan fingerprint density at radius 1 is 1.17 bits per heavy atom. The summed E-state index contributed by atoms with van der Waals surface area (Å²) in [6.07, 6.45) is 6.16. The molecule has 0 amide bonds. The highest BCUT2D eigenvalue weighted by Gasteiger charge is 2.05. The molecule has 0 unspecified atom stereocenters. The minimum absolute atomic E-state index is 0.671. The monoisotopic (exact) mass is 249 g/mol. The van der Waals surface area contributed by atoms with Gasteiger partial charge in [0.25, 0.3) is 0 Å². The number of hydrogen-bond acceptors (Lipinski definition) is 3. The largest absolute Gasteiger partial charge is 0.313 e. The molecule has 0 aromatic carbocycles. The van der Waals surface area contributed by atoms with Crippen molar-refractivity contribution in [3.63, 3.8) is 0 Å². The van der Waals surface area contributed by atoms with E-state index in [-0.39, 0.29) is 0 Å². The van der Waals surface area contributed by atoms with Crippen molar-refractivity contribution in [2.75, 3.05) is 19.6 Å². The van der Waals surface area contributed by atoms with Crippen molar-refractivity contribution in [1.82, 2.24) is 15.2 Å². The quantitative estimate of drug-likeness (QED) is 0.729. The van der Waals surface area contributed by atoms with Gasteiger partial charge in [0.2, 0.25) is 0 Å². The van der Waals surface area contributed by atoms with Crippen molar-refractivity contribution in [2.24, 2.45) is 0 Å². The third-order valence-corrected chi connectivity index (χ3v) is 3.45. The Bertz CT molecular complexity index is 296. The third kappa shape index (κ3) is 5.61. The minimum Gasteiger partial charge on any atom is -0.313 e. The second-order valence-electron chi connectivity index (χ2n) is 4.69. The molecule has 0 atom stereocenters. The first-order chi connectivity index (χ1) is 8.80. The average molecular weight is 249 g/mol. The lowest BCUT2D eigenvalue weighted by Crippen LogP contribution is -2.36. The van der Waals surface area contributed by atoms with E-state index in [4.69, 9.17) is 0 Å². The number of rotatable bonds is 9. The predicted molar refractivity (Wildman–Crippen MR) is 77.6 cm³/mol. The average Bonchev–Trinajstić information content (AvgIpc) is 2.43. The Morgan fingerprint density at radius 3 is 2.39 bits per heavy atom. The maximum Gasteiger partial charge on any atom is 0.0271 e. The third-order valence-electron chi connectivity index (χ3n) is 3.45. The van der Waals surface area contributed by atoms with Crippen molar-refractivity contribution in [2.45, 2.75) is 46.2 Å². The summed E-state index contributed by atoms with van der Waals surface area (Å²) in [7, 11) is 0. The molecule has 0 spiro atoms. The zero-order valence-electron chi connectivity index (χ0n) is 12.0. The SMILES string of the molecule is CCC(CC)NCCN(CC)Cc1ccncc1. The molecule has 0 saturated heterocycles. The van der Waals surface area contributed by atoms with E-state index in [1.165, 1.54) is 18.4 Å². The van der Waals surface area contributed by atoms with E-state index >= 15 is 0 Å². The lowest BCUT2D eigenvalue weighted by atomic mass is 10.2. The van der Waals surface area contributed by atoms with Crippen molar-refractivity contribution in [3.8, 4) is 0 Å². The van der Waals surface area contributed by atoms with Crippen LogP contribution in [0.3, 0.4) is 0 Å². The summed E-state index contributed by atoms with van der Waals surface area (Å²) in [6.45, 7) is 11.0. The number of hydrogen-bond donors (Lipinski definition) is 1. The molecule has 102 valence electrons. The molecule has 1 aromatic rings. The minimum atomic E-state index is 0.671. The van der Waals surface area contributed by atoms with Crippen molar-refractivity contribution in [3.05, 3.63) is 30.1 Å².